The number of phenolic OH excluding ortho intramolecular Hbond substituents is 1. The fourth-order valence-corrected chi connectivity index (χ4v) is 2.25. The van der Waals surface area contributed by atoms with E-state index in [4.69, 9.17) is 5.11 Å². The molecular formula is C12H10N2O3S. The summed E-state index contributed by atoms with van der Waals surface area (Å²) in [7, 11) is 0. The van der Waals surface area contributed by atoms with Crippen LogP contribution in [0.15, 0.2) is 46.3 Å². The molecule has 0 amide bonds. The molecule has 0 bridgehead atoms. The quantitative estimate of drug-likeness (QED) is 0.679. The van der Waals surface area contributed by atoms with Crippen molar-refractivity contribution >= 4 is 17.4 Å². The number of nitrogens with zero attached hydrogens (tertiary/aromatic N) is 2. The first-order chi connectivity index (χ1) is 8.56. The van der Waals surface area contributed by atoms with Crippen LogP contribution < -0.4 is 0 Å². The average Bonchev–Trinajstić information content (AvgIpc) is 2.32. The van der Waals surface area contributed by atoms with Gasteiger partial charge in [-0.15, -0.1) is 0 Å². The van der Waals surface area contributed by atoms with Gasteiger partial charge in [0.25, 0.3) is 5.69 Å². The van der Waals surface area contributed by atoms with E-state index in [1.165, 1.54) is 17.8 Å². The Morgan fingerprint density at radius 2 is 1.89 bits per heavy atom. The van der Waals surface area contributed by atoms with E-state index in [9.17, 15) is 10.1 Å². The first-order valence-corrected chi connectivity index (χ1v) is 5.97. The fourth-order valence-electron chi connectivity index (χ4n) is 1.42. The highest BCUT2D eigenvalue weighted by atomic mass is 32.2. The zero-order chi connectivity index (χ0) is 13.1. The van der Waals surface area contributed by atoms with Crippen molar-refractivity contribution in [2.45, 2.75) is 16.8 Å². The van der Waals surface area contributed by atoms with Gasteiger partial charge < -0.3 is 5.11 Å². The van der Waals surface area contributed by atoms with E-state index in [1.807, 2.05) is 0 Å². The van der Waals surface area contributed by atoms with Gasteiger partial charge in [0.05, 0.1) is 4.92 Å². The number of hydrogen-bond donors (Lipinski definition) is 1. The zero-order valence-corrected chi connectivity index (χ0v) is 10.3. The highest BCUT2D eigenvalue weighted by Crippen LogP contribution is 2.29. The number of phenols is 1. The molecule has 5 nitrogen and oxygen atoms in total. The minimum absolute atomic E-state index is 0.0186. The Morgan fingerprint density at radius 3 is 2.44 bits per heavy atom. The van der Waals surface area contributed by atoms with Gasteiger partial charge >= 0.3 is 0 Å². The lowest BCUT2D eigenvalue weighted by atomic mass is 10.3. The summed E-state index contributed by atoms with van der Waals surface area (Å²) in [6.45, 7) is 1.61. The Kier molecular flexibility index (Phi) is 3.47. The van der Waals surface area contributed by atoms with Gasteiger partial charge in [-0.25, -0.2) is 4.98 Å². The lowest BCUT2D eigenvalue weighted by Gasteiger charge is -2.02. The molecule has 6 heteroatoms. The van der Waals surface area contributed by atoms with Gasteiger partial charge in [-0.3, -0.25) is 10.1 Å². The van der Waals surface area contributed by atoms with Gasteiger partial charge in [0.15, 0.2) is 0 Å². The molecule has 1 aromatic carbocycles. The summed E-state index contributed by atoms with van der Waals surface area (Å²) in [5.74, 6) is 0.201. The Balaban J connectivity index is 2.22. The molecule has 0 fully saturated rings. The van der Waals surface area contributed by atoms with E-state index in [0.29, 0.717) is 10.7 Å². The van der Waals surface area contributed by atoms with Gasteiger partial charge in [0.1, 0.15) is 16.5 Å². The van der Waals surface area contributed by atoms with Crippen LogP contribution in [0, 0.1) is 17.0 Å². The maximum atomic E-state index is 10.7. The van der Waals surface area contributed by atoms with Crippen molar-refractivity contribution in [2.75, 3.05) is 0 Å². The fraction of sp³-hybridized carbons (Fsp3) is 0.0833. The third-order valence-electron chi connectivity index (χ3n) is 2.29. The standard InChI is InChI=1S/C12H10N2O3S/c1-8-11(14(16)17)6-7-12(13-8)18-10-4-2-9(15)3-5-10/h2-7,15H,1H3. The normalized spacial score (nSPS) is 10.3. The maximum absolute atomic E-state index is 10.7. The first-order valence-electron chi connectivity index (χ1n) is 5.15. The monoisotopic (exact) mass is 262 g/mol. The van der Waals surface area contributed by atoms with Crippen LogP contribution in [0.1, 0.15) is 5.69 Å². The molecule has 0 spiro atoms. The van der Waals surface area contributed by atoms with Gasteiger partial charge in [-0.05, 0) is 37.3 Å². The van der Waals surface area contributed by atoms with Crippen molar-refractivity contribution < 1.29 is 10.0 Å². The maximum Gasteiger partial charge on any atom is 0.290 e. The van der Waals surface area contributed by atoms with Gasteiger partial charge in [0.2, 0.25) is 0 Å². The molecule has 0 saturated carbocycles. The molecule has 2 aromatic rings. The number of nitro groups is 1. The SMILES string of the molecule is Cc1nc(Sc2ccc(O)cc2)ccc1[N+](=O)[O-]. The van der Waals surface area contributed by atoms with Crippen molar-refractivity contribution in [3.05, 3.63) is 52.2 Å². The van der Waals surface area contributed by atoms with E-state index in [1.54, 1.807) is 37.3 Å². The molecule has 1 heterocycles. The number of hydrogen-bond acceptors (Lipinski definition) is 5. The van der Waals surface area contributed by atoms with Gasteiger partial charge in [0, 0.05) is 11.0 Å². The molecule has 1 aromatic heterocycles. The molecule has 1 N–H and O–H groups in total. The Bertz CT molecular complexity index is 584. The second-order valence-electron chi connectivity index (χ2n) is 3.61. The summed E-state index contributed by atoms with van der Waals surface area (Å²) < 4.78 is 0. The molecular weight excluding hydrogens is 252 g/mol. The van der Waals surface area contributed by atoms with Crippen molar-refractivity contribution in [3.8, 4) is 5.75 Å². The van der Waals surface area contributed by atoms with Crippen LogP contribution in [-0.4, -0.2) is 15.0 Å². The van der Waals surface area contributed by atoms with Crippen LogP contribution in [0.2, 0.25) is 0 Å². The second-order valence-corrected chi connectivity index (χ2v) is 4.70. The molecule has 0 aliphatic carbocycles. The van der Waals surface area contributed by atoms with E-state index < -0.39 is 4.92 Å². The van der Waals surface area contributed by atoms with Crippen LogP contribution >= 0.6 is 11.8 Å². The lowest BCUT2D eigenvalue weighted by Crippen LogP contribution is -1.94. The van der Waals surface area contributed by atoms with Crippen molar-refractivity contribution in [2.24, 2.45) is 0 Å². The third kappa shape index (κ3) is 2.78. The minimum Gasteiger partial charge on any atom is -0.508 e. The minimum atomic E-state index is -0.447. The Hall–Kier alpha value is -2.08. The molecule has 0 saturated heterocycles. The van der Waals surface area contributed by atoms with Gasteiger partial charge in [-0.2, -0.15) is 0 Å². The second kappa shape index (κ2) is 5.05. The molecule has 2 rings (SSSR count). The van der Waals surface area contributed by atoms with Crippen molar-refractivity contribution in [1.82, 2.24) is 4.98 Å². The highest BCUT2D eigenvalue weighted by molar-refractivity contribution is 7.99. The van der Waals surface area contributed by atoms with Gasteiger partial charge in [-0.1, -0.05) is 11.8 Å². The smallest absolute Gasteiger partial charge is 0.290 e. The molecule has 92 valence electrons. The Morgan fingerprint density at radius 1 is 1.22 bits per heavy atom. The number of aromatic nitrogens is 1. The molecule has 0 aliphatic rings. The van der Waals surface area contributed by atoms with Crippen LogP contribution in [0.4, 0.5) is 5.69 Å². The summed E-state index contributed by atoms with van der Waals surface area (Å²) in [6.07, 6.45) is 0. The van der Waals surface area contributed by atoms with Crippen LogP contribution in [0.3, 0.4) is 0 Å². The summed E-state index contributed by atoms with van der Waals surface area (Å²) >= 11 is 1.39. The Labute approximate surface area is 108 Å². The predicted octanol–water partition coefficient (Wildman–Crippen LogP) is 3.16. The van der Waals surface area contributed by atoms with Crippen LogP contribution in [-0.2, 0) is 0 Å². The van der Waals surface area contributed by atoms with E-state index in [2.05, 4.69) is 4.98 Å². The average molecular weight is 262 g/mol. The topological polar surface area (TPSA) is 76.3 Å². The number of aryl methyl sites for hydroxylation is 1. The summed E-state index contributed by atoms with van der Waals surface area (Å²) in [5, 5.41) is 20.5. The number of aromatic hydroxyl groups is 1. The third-order valence-corrected chi connectivity index (χ3v) is 3.23. The van der Waals surface area contributed by atoms with Crippen LogP contribution in [0.5, 0.6) is 5.75 Å². The molecule has 0 aliphatic heterocycles. The zero-order valence-electron chi connectivity index (χ0n) is 9.53. The van der Waals surface area contributed by atoms with Crippen LogP contribution in [0.25, 0.3) is 0 Å². The summed E-state index contributed by atoms with van der Waals surface area (Å²) in [5.41, 5.74) is 0.411. The summed E-state index contributed by atoms with van der Waals surface area (Å²) in [4.78, 5) is 15.3. The number of pyridine rings is 1. The molecule has 0 radical (unpaired) electrons. The van der Waals surface area contributed by atoms with Crippen molar-refractivity contribution in [1.29, 1.82) is 0 Å². The molecule has 0 unspecified atom stereocenters. The van der Waals surface area contributed by atoms with E-state index >= 15 is 0 Å². The molecule has 0 atom stereocenters. The lowest BCUT2D eigenvalue weighted by molar-refractivity contribution is -0.385. The molecule has 18 heavy (non-hydrogen) atoms. The predicted molar refractivity (Wildman–Crippen MR) is 67.9 cm³/mol. The number of rotatable bonds is 3. The first kappa shape index (κ1) is 12.4. The number of benzene rings is 1. The van der Waals surface area contributed by atoms with E-state index in [0.717, 1.165) is 4.90 Å². The largest absolute Gasteiger partial charge is 0.508 e. The van der Waals surface area contributed by atoms with E-state index in [-0.39, 0.29) is 11.4 Å². The van der Waals surface area contributed by atoms with Crippen molar-refractivity contribution in [3.63, 3.8) is 0 Å². The highest BCUT2D eigenvalue weighted by Gasteiger charge is 2.12. The summed E-state index contributed by atoms with van der Waals surface area (Å²) in [6, 6.07) is 9.76.